The minimum absolute atomic E-state index is 0.239. The second kappa shape index (κ2) is 7.03. The van der Waals surface area contributed by atoms with Gasteiger partial charge in [-0.05, 0) is 35.9 Å². The summed E-state index contributed by atoms with van der Waals surface area (Å²) in [5.41, 5.74) is 3.84. The van der Waals surface area contributed by atoms with Gasteiger partial charge in [0, 0.05) is 17.3 Å². The summed E-state index contributed by atoms with van der Waals surface area (Å²) in [6, 6.07) is 20.8. The molecule has 5 heteroatoms. The summed E-state index contributed by atoms with van der Waals surface area (Å²) in [7, 11) is 0. The first-order chi connectivity index (χ1) is 12.8. The molecule has 2 heterocycles. The molecule has 4 rings (SSSR count). The Labute approximate surface area is 150 Å². The van der Waals surface area contributed by atoms with Crippen LogP contribution in [0.1, 0.15) is 21.7 Å². The van der Waals surface area contributed by atoms with Gasteiger partial charge in [-0.1, -0.05) is 48.5 Å². The monoisotopic (exact) mass is 340 g/mol. The summed E-state index contributed by atoms with van der Waals surface area (Å²) >= 11 is 0. The fourth-order valence-electron chi connectivity index (χ4n) is 2.72. The number of rotatable bonds is 4. The smallest absolute Gasteiger partial charge is 0.274 e. The van der Waals surface area contributed by atoms with E-state index in [1.165, 1.54) is 0 Å². The molecule has 0 bridgehead atoms. The highest BCUT2D eigenvalue weighted by molar-refractivity contribution is 6.04. The fraction of sp³-hybridized carbons (Fsp3) is 0. The number of amides is 1. The minimum atomic E-state index is -0.239. The number of pyridine rings is 1. The molecule has 0 aliphatic heterocycles. The number of carbonyl (C=O) groups excluding carboxylic acids is 1. The molecular weight excluding hydrogens is 324 g/mol. The zero-order valence-corrected chi connectivity index (χ0v) is 13.9. The second-order valence-corrected chi connectivity index (χ2v) is 5.74. The van der Waals surface area contributed by atoms with Crippen LogP contribution in [-0.4, -0.2) is 21.1 Å². The summed E-state index contributed by atoms with van der Waals surface area (Å²) in [6.07, 6.45) is 5.48. The van der Waals surface area contributed by atoms with E-state index in [0.29, 0.717) is 5.69 Å². The number of fused-ring (bicyclic) bond motifs is 1. The van der Waals surface area contributed by atoms with Crippen molar-refractivity contribution >= 4 is 34.6 Å². The maximum atomic E-state index is 12.4. The summed E-state index contributed by atoms with van der Waals surface area (Å²) in [5, 5.41) is 11.3. The summed E-state index contributed by atoms with van der Waals surface area (Å²) < 4.78 is 0. The van der Waals surface area contributed by atoms with Gasteiger partial charge in [0.1, 0.15) is 5.69 Å². The normalized spacial score (nSPS) is 11.1. The van der Waals surface area contributed by atoms with E-state index in [9.17, 15) is 4.79 Å². The number of hydrogen-bond acceptors (Lipinski definition) is 3. The third-order valence-electron chi connectivity index (χ3n) is 4.03. The molecule has 0 radical (unpaired) electrons. The van der Waals surface area contributed by atoms with Gasteiger partial charge in [0.2, 0.25) is 0 Å². The molecule has 0 unspecified atom stereocenters. The van der Waals surface area contributed by atoms with Crippen molar-refractivity contribution in [2.24, 2.45) is 0 Å². The molecule has 126 valence electrons. The number of nitrogens with one attached hydrogen (secondary N) is 2. The molecule has 0 spiro atoms. The molecule has 0 saturated carbocycles. The van der Waals surface area contributed by atoms with Gasteiger partial charge in [-0.3, -0.25) is 14.9 Å². The number of para-hydroxylation sites is 2. The van der Waals surface area contributed by atoms with Crippen molar-refractivity contribution in [2.75, 3.05) is 5.32 Å². The predicted octanol–water partition coefficient (Wildman–Crippen LogP) is 4.38. The van der Waals surface area contributed by atoms with Crippen molar-refractivity contribution in [3.63, 3.8) is 0 Å². The van der Waals surface area contributed by atoms with Gasteiger partial charge in [0.05, 0.1) is 11.2 Å². The van der Waals surface area contributed by atoms with E-state index in [1.807, 2.05) is 60.7 Å². The number of anilines is 1. The highest BCUT2D eigenvalue weighted by atomic mass is 16.1. The average Bonchev–Trinajstić information content (AvgIpc) is 3.11. The van der Waals surface area contributed by atoms with E-state index < -0.39 is 0 Å². The first kappa shape index (κ1) is 15.8. The number of H-pyrrole nitrogens is 1. The lowest BCUT2D eigenvalue weighted by atomic mass is 10.1. The Bertz CT molecular complexity index is 1080. The van der Waals surface area contributed by atoms with Gasteiger partial charge < -0.3 is 5.32 Å². The minimum Gasteiger partial charge on any atom is -0.320 e. The zero-order chi connectivity index (χ0) is 17.8. The Hall–Kier alpha value is -3.73. The van der Waals surface area contributed by atoms with E-state index in [1.54, 1.807) is 24.4 Å². The van der Waals surface area contributed by atoms with Crippen LogP contribution in [0.3, 0.4) is 0 Å². The van der Waals surface area contributed by atoms with E-state index >= 15 is 0 Å². The second-order valence-electron chi connectivity index (χ2n) is 5.74. The van der Waals surface area contributed by atoms with Crippen LogP contribution in [0.4, 0.5) is 5.69 Å². The Kier molecular flexibility index (Phi) is 4.26. The Morgan fingerprint density at radius 2 is 1.73 bits per heavy atom. The summed E-state index contributed by atoms with van der Waals surface area (Å²) in [5.74, 6) is -0.239. The van der Waals surface area contributed by atoms with E-state index in [0.717, 1.165) is 27.8 Å². The lowest BCUT2D eigenvalue weighted by Gasteiger charge is -2.08. The maximum absolute atomic E-state index is 12.4. The van der Waals surface area contributed by atoms with Gasteiger partial charge >= 0.3 is 0 Å². The molecule has 0 saturated heterocycles. The molecule has 4 aromatic rings. The first-order valence-electron chi connectivity index (χ1n) is 8.24. The van der Waals surface area contributed by atoms with Gasteiger partial charge in [-0.25, -0.2) is 0 Å². The van der Waals surface area contributed by atoms with Gasteiger partial charge in [0.15, 0.2) is 0 Å². The SMILES string of the molecule is O=C(Nc1ccccc1/C=C/c1n[nH]c2ccccc12)c1ccccn1. The highest BCUT2D eigenvalue weighted by Crippen LogP contribution is 2.21. The van der Waals surface area contributed by atoms with Crippen LogP contribution in [0.5, 0.6) is 0 Å². The number of aromatic nitrogens is 3. The Balaban J connectivity index is 1.61. The van der Waals surface area contributed by atoms with Crippen molar-refractivity contribution in [2.45, 2.75) is 0 Å². The van der Waals surface area contributed by atoms with Crippen molar-refractivity contribution < 1.29 is 4.79 Å². The van der Waals surface area contributed by atoms with Crippen LogP contribution in [0.25, 0.3) is 23.1 Å². The van der Waals surface area contributed by atoms with Crippen LogP contribution in [-0.2, 0) is 0 Å². The predicted molar refractivity (Wildman–Crippen MR) is 104 cm³/mol. The standard InChI is InChI=1S/C21H16N4O/c26-21(20-11-5-6-14-22-20)23-17-9-3-1-7-15(17)12-13-19-16-8-2-4-10-18(16)24-25-19/h1-14H,(H,23,26)(H,24,25)/b13-12+. The van der Waals surface area contributed by atoms with Crippen LogP contribution in [0.15, 0.2) is 72.9 Å². The highest BCUT2D eigenvalue weighted by Gasteiger charge is 2.09. The molecule has 26 heavy (non-hydrogen) atoms. The van der Waals surface area contributed by atoms with Crippen LogP contribution < -0.4 is 5.32 Å². The lowest BCUT2D eigenvalue weighted by Crippen LogP contribution is -2.14. The number of aromatic amines is 1. The van der Waals surface area contributed by atoms with E-state index in [-0.39, 0.29) is 5.91 Å². The van der Waals surface area contributed by atoms with Crippen molar-refractivity contribution in [1.29, 1.82) is 0 Å². The molecule has 2 aromatic heterocycles. The van der Waals surface area contributed by atoms with E-state index in [4.69, 9.17) is 0 Å². The van der Waals surface area contributed by atoms with Crippen molar-refractivity contribution in [3.05, 3.63) is 89.9 Å². The zero-order valence-electron chi connectivity index (χ0n) is 13.9. The first-order valence-corrected chi connectivity index (χ1v) is 8.24. The average molecular weight is 340 g/mol. The third kappa shape index (κ3) is 3.23. The molecule has 2 aromatic carbocycles. The third-order valence-corrected chi connectivity index (χ3v) is 4.03. The fourth-order valence-corrected chi connectivity index (χ4v) is 2.72. The van der Waals surface area contributed by atoms with Crippen molar-refractivity contribution in [1.82, 2.24) is 15.2 Å². The van der Waals surface area contributed by atoms with E-state index in [2.05, 4.69) is 20.5 Å². The summed E-state index contributed by atoms with van der Waals surface area (Å²) in [4.78, 5) is 16.4. The topological polar surface area (TPSA) is 70.7 Å². The number of nitrogens with zero attached hydrogens (tertiary/aromatic N) is 2. The quantitative estimate of drug-likeness (QED) is 0.579. The van der Waals surface area contributed by atoms with Gasteiger partial charge in [-0.2, -0.15) is 5.10 Å². The molecule has 0 aliphatic carbocycles. The van der Waals surface area contributed by atoms with Gasteiger partial charge in [0.25, 0.3) is 5.91 Å². The molecule has 5 nitrogen and oxygen atoms in total. The molecule has 2 N–H and O–H groups in total. The molecule has 1 amide bonds. The molecule has 0 fully saturated rings. The maximum Gasteiger partial charge on any atom is 0.274 e. The molecular formula is C21H16N4O. The van der Waals surface area contributed by atoms with Crippen LogP contribution in [0.2, 0.25) is 0 Å². The van der Waals surface area contributed by atoms with Crippen LogP contribution >= 0.6 is 0 Å². The number of carbonyl (C=O) groups is 1. The van der Waals surface area contributed by atoms with Crippen LogP contribution in [0, 0.1) is 0 Å². The molecule has 0 aliphatic rings. The van der Waals surface area contributed by atoms with Gasteiger partial charge in [-0.15, -0.1) is 0 Å². The molecule has 0 atom stereocenters. The summed E-state index contributed by atoms with van der Waals surface area (Å²) in [6.45, 7) is 0. The number of hydrogen-bond donors (Lipinski definition) is 2. The largest absolute Gasteiger partial charge is 0.320 e. The Morgan fingerprint density at radius 1 is 0.923 bits per heavy atom. The van der Waals surface area contributed by atoms with Crippen molar-refractivity contribution in [3.8, 4) is 0 Å². The lowest BCUT2D eigenvalue weighted by molar-refractivity contribution is 0.102. The number of benzene rings is 2. The Morgan fingerprint density at radius 3 is 2.62 bits per heavy atom.